The number of benzene rings is 1. The molecule has 4 rings (SSSR count). The predicted octanol–water partition coefficient (Wildman–Crippen LogP) is 2.48. The summed E-state index contributed by atoms with van der Waals surface area (Å²) in [5, 5.41) is 3.58. The fourth-order valence-corrected chi connectivity index (χ4v) is 2.72. The Labute approximate surface area is 134 Å². The average Bonchev–Trinajstić information content (AvgIpc) is 3.19. The minimum Gasteiger partial charge on any atom is -0.454 e. The Morgan fingerprint density at radius 3 is 3.00 bits per heavy atom. The number of ether oxygens (including phenoxy) is 2. The van der Waals surface area contributed by atoms with Gasteiger partial charge >= 0.3 is 0 Å². The maximum absolute atomic E-state index is 5.47. The predicted molar refractivity (Wildman–Crippen MR) is 85.4 cm³/mol. The molecule has 0 amide bonds. The van der Waals surface area contributed by atoms with Crippen molar-refractivity contribution in [1.82, 2.24) is 19.7 Å². The molecule has 0 spiro atoms. The van der Waals surface area contributed by atoms with Gasteiger partial charge in [-0.15, -0.1) is 0 Å². The highest BCUT2D eigenvalue weighted by Gasteiger charge is 2.23. The number of nitrogens with one attached hydrogen (secondary N) is 1. The van der Waals surface area contributed by atoms with Crippen LogP contribution < -0.4 is 14.8 Å². The Morgan fingerprint density at radius 1 is 1.22 bits per heavy atom. The van der Waals surface area contributed by atoms with Crippen LogP contribution in [0.25, 0.3) is 5.65 Å². The van der Waals surface area contributed by atoms with Gasteiger partial charge in [-0.1, -0.05) is 6.07 Å². The fraction of sp³-hybridized carbons (Fsp3) is 0.294. The summed E-state index contributed by atoms with van der Waals surface area (Å²) >= 11 is 0. The van der Waals surface area contributed by atoms with Gasteiger partial charge in [0, 0.05) is 24.5 Å². The smallest absolute Gasteiger partial charge is 0.231 e. The van der Waals surface area contributed by atoms with Gasteiger partial charge in [-0.25, -0.2) is 4.98 Å². The molecule has 0 aliphatic carbocycles. The zero-order valence-electron chi connectivity index (χ0n) is 13.1. The Bertz CT molecular complexity index is 857. The lowest BCUT2D eigenvalue weighted by Gasteiger charge is -2.27. The lowest BCUT2D eigenvalue weighted by atomic mass is 9.94. The summed E-state index contributed by atoms with van der Waals surface area (Å²) in [6, 6.07) is 6.06. The maximum atomic E-state index is 5.47. The van der Waals surface area contributed by atoms with Crippen LogP contribution in [0.3, 0.4) is 0 Å². The van der Waals surface area contributed by atoms with Crippen LogP contribution in [-0.4, -0.2) is 21.2 Å². The van der Waals surface area contributed by atoms with Crippen LogP contribution in [0, 0.1) is 0 Å². The second kappa shape index (κ2) is 5.24. The van der Waals surface area contributed by atoms with Crippen LogP contribution in [0.1, 0.15) is 25.1 Å². The SMILES string of the molecule is CC(C)(NCc1cnc2cnccn12)c1ccc2c(c1)OCO2. The Morgan fingerprint density at radius 2 is 2.09 bits per heavy atom. The van der Waals surface area contributed by atoms with Crippen LogP contribution >= 0.6 is 0 Å². The largest absolute Gasteiger partial charge is 0.454 e. The van der Waals surface area contributed by atoms with Crippen molar-refractivity contribution in [1.29, 1.82) is 0 Å². The van der Waals surface area contributed by atoms with Gasteiger partial charge in [0.1, 0.15) is 0 Å². The van der Waals surface area contributed by atoms with Crippen molar-refractivity contribution in [2.75, 3.05) is 6.79 Å². The fourth-order valence-electron chi connectivity index (χ4n) is 2.72. The van der Waals surface area contributed by atoms with Crippen LogP contribution in [0.5, 0.6) is 11.5 Å². The molecule has 6 nitrogen and oxygen atoms in total. The van der Waals surface area contributed by atoms with E-state index in [-0.39, 0.29) is 5.54 Å². The van der Waals surface area contributed by atoms with Gasteiger partial charge in [0.2, 0.25) is 6.79 Å². The molecule has 3 heterocycles. The van der Waals surface area contributed by atoms with E-state index in [1.54, 1.807) is 12.4 Å². The third kappa shape index (κ3) is 2.51. The maximum Gasteiger partial charge on any atom is 0.231 e. The average molecular weight is 310 g/mol. The minimum absolute atomic E-state index is 0.210. The molecular weight excluding hydrogens is 292 g/mol. The Balaban J connectivity index is 1.55. The third-order valence-corrected chi connectivity index (χ3v) is 4.20. The molecular formula is C17H18N4O2. The van der Waals surface area contributed by atoms with Crippen LogP contribution in [0.4, 0.5) is 0 Å². The molecule has 1 aliphatic rings. The highest BCUT2D eigenvalue weighted by atomic mass is 16.7. The quantitative estimate of drug-likeness (QED) is 0.802. The van der Waals surface area contributed by atoms with E-state index in [2.05, 4.69) is 35.2 Å². The number of aromatic nitrogens is 3. The van der Waals surface area contributed by atoms with Crippen molar-refractivity contribution in [3.8, 4) is 11.5 Å². The normalized spacial score (nSPS) is 13.7. The van der Waals surface area contributed by atoms with Crippen molar-refractivity contribution in [2.24, 2.45) is 0 Å². The zero-order valence-corrected chi connectivity index (χ0v) is 13.1. The number of imidazole rings is 1. The van der Waals surface area contributed by atoms with Crippen molar-refractivity contribution in [2.45, 2.75) is 25.9 Å². The monoisotopic (exact) mass is 310 g/mol. The molecule has 1 aromatic carbocycles. The first-order chi connectivity index (χ1) is 11.1. The van der Waals surface area contributed by atoms with E-state index in [1.165, 1.54) is 0 Å². The number of nitrogens with zero attached hydrogens (tertiary/aromatic N) is 3. The molecule has 0 saturated carbocycles. The van der Waals surface area contributed by atoms with E-state index in [0.29, 0.717) is 13.3 Å². The van der Waals surface area contributed by atoms with Gasteiger partial charge in [0.05, 0.1) is 18.1 Å². The van der Waals surface area contributed by atoms with Gasteiger partial charge in [-0.05, 0) is 31.5 Å². The molecule has 0 bridgehead atoms. The molecule has 23 heavy (non-hydrogen) atoms. The summed E-state index contributed by atoms with van der Waals surface area (Å²) in [6.07, 6.45) is 7.32. The molecule has 1 aliphatic heterocycles. The lowest BCUT2D eigenvalue weighted by Crippen LogP contribution is -2.36. The first-order valence-corrected chi connectivity index (χ1v) is 7.55. The summed E-state index contributed by atoms with van der Waals surface area (Å²) in [4.78, 5) is 8.45. The molecule has 3 aromatic rings. The van der Waals surface area contributed by atoms with Crippen molar-refractivity contribution >= 4 is 5.65 Å². The highest BCUT2D eigenvalue weighted by Crippen LogP contribution is 2.35. The number of fused-ring (bicyclic) bond motifs is 2. The highest BCUT2D eigenvalue weighted by molar-refractivity contribution is 5.46. The third-order valence-electron chi connectivity index (χ3n) is 4.20. The molecule has 1 N–H and O–H groups in total. The van der Waals surface area contributed by atoms with Gasteiger partial charge in [-0.3, -0.25) is 9.38 Å². The van der Waals surface area contributed by atoms with Crippen LogP contribution in [0.2, 0.25) is 0 Å². The van der Waals surface area contributed by atoms with E-state index in [1.807, 2.05) is 28.9 Å². The first-order valence-electron chi connectivity index (χ1n) is 7.55. The standard InChI is InChI=1S/C17H18N4O2/c1-17(2,12-3-4-14-15(7-12)23-11-22-14)20-9-13-8-19-16-10-18-5-6-21(13)16/h3-8,10,20H,9,11H2,1-2H3. The summed E-state index contributed by atoms with van der Waals surface area (Å²) in [5.41, 5.74) is 2.89. The second-order valence-electron chi connectivity index (χ2n) is 6.10. The van der Waals surface area contributed by atoms with Gasteiger partial charge in [0.25, 0.3) is 0 Å². The van der Waals surface area contributed by atoms with E-state index in [9.17, 15) is 0 Å². The molecule has 0 unspecified atom stereocenters. The van der Waals surface area contributed by atoms with Gasteiger partial charge in [0.15, 0.2) is 17.1 Å². The molecule has 6 heteroatoms. The first kappa shape index (κ1) is 14.0. The van der Waals surface area contributed by atoms with E-state index >= 15 is 0 Å². The van der Waals surface area contributed by atoms with Crippen molar-refractivity contribution in [3.63, 3.8) is 0 Å². The molecule has 0 atom stereocenters. The molecule has 118 valence electrons. The van der Waals surface area contributed by atoms with E-state index in [0.717, 1.165) is 28.4 Å². The second-order valence-corrected chi connectivity index (χ2v) is 6.10. The lowest BCUT2D eigenvalue weighted by molar-refractivity contribution is 0.174. The van der Waals surface area contributed by atoms with E-state index < -0.39 is 0 Å². The summed E-state index contributed by atoms with van der Waals surface area (Å²) in [6.45, 7) is 5.29. The zero-order chi connectivity index (χ0) is 15.9. The number of rotatable bonds is 4. The minimum atomic E-state index is -0.210. The molecule has 0 radical (unpaired) electrons. The molecule has 2 aromatic heterocycles. The Kier molecular flexibility index (Phi) is 3.20. The molecule has 0 saturated heterocycles. The summed E-state index contributed by atoms with van der Waals surface area (Å²) in [5.74, 6) is 1.61. The topological polar surface area (TPSA) is 60.7 Å². The van der Waals surface area contributed by atoms with E-state index in [4.69, 9.17) is 9.47 Å². The van der Waals surface area contributed by atoms with Crippen LogP contribution in [0.15, 0.2) is 43.0 Å². The van der Waals surface area contributed by atoms with Crippen LogP contribution in [-0.2, 0) is 12.1 Å². The van der Waals surface area contributed by atoms with Gasteiger partial charge in [-0.2, -0.15) is 0 Å². The summed E-state index contributed by atoms with van der Waals surface area (Å²) < 4.78 is 12.9. The molecule has 0 fully saturated rings. The van der Waals surface area contributed by atoms with Crippen molar-refractivity contribution in [3.05, 3.63) is 54.2 Å². The summed E-state index contributed by atoms with van der Waals surface area (Å²) in [7, 11) is 0. The van der Waals surface area contributed by atoms with Crippen molar-refractivity contribution < 1.29 is 9.47 Å². The number of hydrogen-bond donors (Lipinski definition) is 1. The van der Waals surface area contributed by atoms with Gasteiger partial charge < -0.3 is 14.8 Å². The number of hydrogen-bond acceptors (Lipinski definition) is 5. The Hall–Kier alpha value is -2.60.